The van der Waals surface area contributed by atoms with Gasteiger partial charge in [0.2, 0.25) is 0 Å². The van der Waals surface area contributed by atoms with Gasteiger partial charge in [0, 0.05) is 13.1 Å². The average molecular weight is 274 g/mol. The lowest BCUT2D eigenvalue weighted by Crippen LogP contribution is -2.46. The van der Waals surface area contributed by atoms with E-state index in [1.807, 2.05) is 13.8 Å². The minimum Gasteiger partial charge on any atom is -0.480 e. The maximum absolute atomic E-state index is 11.4. The number of hydrogen-bond acceptors (Lipinski definition) is 4. The first-order chi connectivity index (χ1) is 8.54. The van der Waals surface area contributed by atoms with Crippen molar-refractivity contribution in [3.63, 3.8) is 0 Å². The number of hydrogen-bond donors (Lipinski definition) is 2. The molecule has 1 amide bonds. The van der Waals surface area contributed by atoms with Crippen molar-refractivity contribution < 1.29 is 19.4 Å². The maximum atomic E-state index is 11.4. The van der Waals surface area contributed by atoms with E-state index in [9.17, 15) is 9.59 Å². The number of carbonyl (C=O) groups is 2. The van der Waals surface area contributed by atoms with E-state index in [4.69, 9.17) is 9.84 Å². The van der Waals surface area contributed by atoms with E-state index in [2.05, 4.69) is 5.32 Å². The third kappa shape index (κ3) is 7.66. The highest BCUT2D eigenvalue weighted by Crippen LogP contribution is 2.09. The van der Waals surface area contributed by atoms with Gasteiger partial charge in [0.1, 0.15) is 11.6 Å². The Hall–Kier alpha value is -1.30. The van der Waals surface area contributed by atoms with Gasteiger partial charge in [0.05, 0.1) is 0 Å². The molecule has 0 aliphatic carbocycles. The molecule has 0 aliphatic rings. The van der Waals surface area contributed by atoms with Crippen LogP contribution in [0.4, 0.5) is 4.79 Å². The van der Waals surface area contributed by atoms with Gasteiger partial charge in [0.15, 0.2) is 0 Å². The fourth-order valence-corrected chi connectivity index (χ4v) is 1.77. The van der Waals surface area contributed by atoms with Crippen molar-refractivity contribution in [2.24, 2.45) is 5.92 Å². The van der Waals surface area contributed by atoms with Crippen molar-refractivity contribution in [1.82, 2.24) is 10.2 Å². The molecule has 0 aromatic rings. The minimum atomic E-state index is -0.852. The molecular weight excluding hydrogens is 248 g/mol. The van der Waals surface area contributed by atoms with E-state index in [-0.39, 0.29) is 5.92 Å². The van der Waals surface area contributed by atoms with Crippen LogP contribution in [0.2, 0.25) is 0 Å². The summed E-state index contributed by atoms with van der Waals surface area (Å²) in [7, 11) is 1.73. The van der Waals surface area contributed by atoms with Crippen LogP contribution in [0, 0.1) is 5.92 Å². The van der Waals surface area contributed by atoms with Gasteiger partial charge in [-0.3, -0.25) is 9.69 Å². The van der Waals surface area contributed by atoms with Gasteiger partial charge in [-0.1, -0.05) is 13.8 Å². The Morgan fingerprint density at radius 2 is 1.84 bits per heavy atom. The molecule has 0 radical (unpaired) electrons. The summed E-state index contributed by atoms with van der Waals surface area (Å²) in [4.78, 5) is 24.2. The number of nitrogens with zero attached hydrogens (tertiary/aromatic N) is 1. The molecule has 0 aliphatic heterocycles. The third-order valence-electron chi connectivity index (χ3n) is 2.49. The van der Waals surface area contributed by atoms with Crippen LogP contribution in [-0.4, -0.2) is 53.8 Å². The number of rotatable bonds is 6. The number of ether oxygens (including phenoxy) is 1. The molecule has 6 heteroatoms. The number of carboxylic acid groups (broad SMARTS) is 1. The fraction of sp³-hybridized carbons (Fsp3) is 0.846. The van der Waals surface area contributed by atoms with Crippen molar-refractivity contribution in [3.8, 4) is 0 Å². The molecule has 1 atom stereocenters. The molecule has 0 aromatic heterocycles. The summed E-state index contributed by atoms with van der Waals surface area (Å²) in [5.74, 6) is -0.848. The first kappa shape index (κ1) is 17.7. The second kappa shape index (κ2) is 7.33. The third-order valence-corrected chi connectivity index (χ3v) is 2.49. The highest BCUT2D eigenvalue weighted by molar-refractivity contribution is 5.73. The number of carboxylic acids is 1. The van der Waals surface area contributed by atoms with E-state index >= 15 is 0 Å². The Balaban J connectivity index is 4.13. The Morgan fingerprint density at radius 3 is 2.21 bits per heavy atom. The molecule has 0 saturated heterocycles. The van der Waals surface area contributed by atoms with Gasteiger partial charge >= 0.3 is 12.1 Å². The highest BCUT2D eigenvalue weighted by Gasteiger charge is 2.25. The zero-order valence-corrected chi connectivity index (χ0v) is 12.7. The van der Waals surface area contributed by atoms with Crippen molar-refractivity contribution in [3.05, 3.63) is 0 Å². The zero-order chi connectivity index (χ0) is 15.2. The SMILES string of the molecule is CC(C)[C@@H](C(=O)O)N(C)CCNC(=O)OC(C)(C)C. The fourth-order valence-electron chi connectivity index (χ4n) is 1.77. The Bertz CT molecular complexity index is 310. The molecule has 2 N–H and O–H groups in total. The normalized spacial score (nSPS) is 13.5. The smallest absolute Gasteiger partial charge is 0.407 e. The van der Waals surface area contributed by atoms with Crippen LogP contribution in [0.3, 0.4) is 0 Å². The number of nitrogens with one attached hydrogen (secondary N) is 1. The molecule has 0 aromatic carbocycles. The summed E-state index contributed by atoms with van der Waals surface area (Å²) in [6.45, 7) is 9.89. The van der Waals surface area contributed by atoms with Crippen LogP contribution in [0.1, 0.15) is 34.6 Å². The molecule has 0 spiro atoms. The van der Waals surface area contributed by atoms with Gasteiger partial charge in [-0.25, -0.2) is 4.79 Å². The monoisotopic (exact) mass is 274 g/mol. The molecule has 0 unspecified atom stereocenters. The summed E-state index contributed by atoms with van der Waals surface area (Å²) >= 11 is 0. The van der Waals surface area contributed by atoms with Gasteiger partial charge in [0.25, 0.3) is 0 Å². The minimum absolute atomic E-state index is 0.00373. The maximum Gasteiger partial charge on any atom is 0.407 e. The molecular formula is C13H26N2O4. The lowest BCUT2D eigenvalue weighted by atomic mass is 10.0. The van der Waals surface area contributed by atoms with E-state index in [0.29, 0.717) is 13.1 Å². The van der Waals surface area contributed by atoms with Gasteiger partial charge in [-0.2, -0.15) is 0 Å². The molecule has 0 bridgehead atoms. The van der Waals surface area contributed by atoms with Crippen LogP contribution in [0.5, 0.6) is 0 Å². The zero-order valence-electron chi connectivity index (χ0n) is 12.7. The summed E-state index contributed by atoms with van der Waals surface area (Å²) < 4.78 is 5.09. The van der Waals surface area contributed by atoms with Crippen molar-refractivity contribution in [1.29, 1.82) is 0 Å². The molecule has 19 heavy (non-hydrogen) atoms. The van der Waals surface area contributed by atoms with E-state index in [1.54, 1.807) is 32.7 Å². The molecule has 0 fully saturated rings. The number of carbonyl (C=O) groups excluding carboxylic acids is 1. The average Bonchev–Trinajstić information content (AvgIpc) is 2.12. The predicted octanol–water partition coefficient (Wildman–Crippen LogP) is 1.55. The van der Waals surface area contributed by atoms with E-state index < -0.39 is 23.7 Å². The highest BCUT2D eigenvalue weighted by atomic mass is 16.6. The van der Waals surface area contributed by atoms with Gasteiger partial charge in [-0.05, 0) is 33.7 Å². The van der Waals surface area contributed by atoms with Crippen LogP contribution >= 0.6 is 0 Å². The van der Waals surface area contributed by atoms with Crippen LogP contribution in [0.15, 0.2) is 0 Å². The molecule has 0 saturated carbocycles. The number of aliphatic carboxylic acids is 1. The number of amides is 1. The second-order valence-corrected chi connectivity index (χ2v) is 5.94. The standard InChI is InChI=1S/C13H26N2O4/c1-9(2)10(11(16)17)15(6)8-7-14-12(18)19-13(3,4)5/h9-10H,7-8H2,1-6H3,(H,14,18)(H,16,17)/t10-/m0/s1. The quantitative estimate of drug-likeness (QED) is 0.768. The Morgan fingerprint density at radius 1 is 1.32 bits per heavy atom. The van der Waals surface area contributed by atoms with Crippen molar-refractivity contribution in [2.45, 2.75) is 46.3 Å². The summed E-state index contributed by atoms with van der Waals surface area (Å²) in [6.07, 6.45) is -0.489. The summed E-state index contributed by atoms with van der Waals surface area (Å²) in [6, 6.07) is -0.555. The summed E-state index contributed by atoms with van der Waals surface area (Å²) in [5.41, 5.74) is -0.530. The first-order valence-corrected chi connectivity index (χ1v) is 6.44. The molecule has 0 rings (SSSR count). The van der Waals surface area contributed by atoms with Crippen molar-refractivity contribution in [2.75, 3.05) is 20.1 Å². The van der Waals surface area contributed by atoms with E-state index in [0.717, 1.165) is 0 Å². The second-order valence-electron chi connectivity index (χ2n) is 5.94. The van der Waals surface area contributed by atoms with Crippen molar-refractivity contribution >= 4 is 12.1 Å². The Labute approximate surface area is 115 Å². The molecule has 0 heterocycles. The van der Waals surface area contributed by atoms with Gasteiger partial charge in [-0.15, -0.1) is 0 Å². The van der Waals surface area contributed by atoms with Gasteiger partial charge < -0.3 is 15.2 Å². The molecule has 6 nitrogen and oxygen atoms in total. The largest absolute Gasteiger partial charge is 0.480 e. The summed E-state index contributed by atoms with van der Waals surface area (Å²) in [5, 5.41) is 11.7. The lowest BCUT2D eigenvalue weighted by Gasteiger charge is -2.27. The van der Waals surface area contributed by atoms with Crippen LogP contribution in [0.25, 0.3) is 0 Å². The molecule has 112 valence electrons. The first-order valence-electron chi connectivity index (χ1n) is 6.44. The van der Waals surface area contributed by atoms with Crippen LogP contribution in [-0.2, 0) is 9.53 Å². The number of alkyl carbamates (subject to hydrolysis) is 1. The Kier molecular flexibility index (Phi) is 6.83. The lowest BCUT2D eigenvalue weighted by molar-refractivity contribution is -0.144. The topological polar surface area (TPSA) is 78.9 Å². The van der Waals surface area contributed by atoms with Crippen LogP contribution < -0.4 is 5.32 Å². The number of likely N-dealkylation sites (N-methyl/N-ethyl adjacent to an activating group) is 1. The predicted molar refractivity (Wildman–Crippen MR) is 73.1 cm³/mol. The van der Waals surface area contributed by atoms with E-state index in [1.165, 1.54) is 0 Å².